The fourth-order valence-corrected chi connectivity index (χ4v) is 4.83. The minimum Gasteiger partial charge on any atom is -0.354 e. The molecule has 0 aliphatic carbocycles. The average Bonchev–Trinajstić information content (AvgIpc) is 3.45. The smallest absolute Gasteiger partial charge is 0.227 e. The molecule has 158 valence electrons. The summed E-state index contributed by atoms with van der Waals surface area (Å²) in [4.78, 5) is 30.8. The van der Waals surface area contributed by atoms with E-state index in [1.54, 1.807) is 16.7 Å². The Morgan fingerprint density at radius 3 is 2.47 bits per heavy atom. The number of hydrogen-bond acceptors (Lipinski definition) is 4. The zero-order chi connectivity index (χ0) is 20.9. The number of nitrogens with zero attached hydrogens (tertiary/aromatic N) is 2. The van der Waals surface area contributed by atoms with Crippen molar-refractivity contribution in [3.63, 3.8) is 0 Å². The van der Waals surface area contributed by atoms with Crippen molar-refractivity contribution in [3.8, 4) is 0 Å². The van der Waals surface area contributed by atoms with Crippen molar-refractivity contribution in [1.82, 2.24) is 10.2 Å². The molecule has 2 heterocycles. The van der Waals surface area contributed by atoms with E-state index in [1.807, 2.05) is 36.6 Å². The van der Waals surface area contributed by atoms with Crippen molar-refractivity contribution in [2.24, 2.45) is 5.92 Å². The summed E-state index contributed by atoms with van der Waals surface area (Å²) < 4.78 is 0. The number of thioether (sulfide) groups is 1. The van der Waals surface area contributed by atoms with Crippen LogP contribution in [-0.2, 0) is 9.59 Å². The van der Waals surface area contributed by atoms with E-state index in [1.165, 1.54) is 18.4 Å². The average molecular weight is 424 g/mol. The molecule has 6 heteroatoms. The van der Waals surface area contributed by atoms with E-state index < -0.39 is 0 Å². The predicted molar refractivity (Wildman–Crippen MR) is 122 cm³/mol. The second-order valence-corrected chi connectivity index (χ2v) is 8.90. The van der Waals surface area contributed by atoms with Gasteiger partial charge in [-0.3, -0.25) is 14.5 Å². The molecule has 0 bridgehead atoms. The fraction of sp³-hybridized carbons (Fsp3) is 0.417. The molecule has 0 saturated carbocycles. The van der Waals surface area contributed by atoms with E-state index in [4.69, 9.17) is 0 Å². The van der Waals surface area contributed by atoms with Gasteiger partial charge in [0.25, 0.3) is 0 Å². The maximum Gasteiger partial charge on any atom is 0.227 e. The number of carbonyl (C=O) groups excluding carboxylic acids is 2. The number of benzene rings is 2. The van der Waals surface area contributed by atoms with Gasteiger partial charge in [-0.15, -0.1) is 11.8 Å². The summed E-state index contributed by atoms with van der Waals surface area (Å²) in [5.41, 5.74) is 2.10. The normalized spacial score (nSPS) is 20.5. The molecule has 0 unspecified atom stereocenters. The lowest BCUT2D eigenvalue weighted by atomic mass is 10.0. The number of carbonyl (C=O) groups is 2. The molecule has 30 heavy (non-hydrogen) atoms. The molecular weight excluding hydrogens is 394 g/mol. The molecule has 1 N–H and O–H groups in total. The van der Waals surface area contributed by atoms with Gasteiger partial charge in [0, 0.05) is 30.1 Å². The van der Waals surface area contributed by atoms with Gasteiger partial charge in [0.1, 0.15) is 0 Å². The largest absolute Gasteiger partial charge is 0.354 e. The van der Waals surface area contributed by atoms with Crippen LogP contribution in [0.25, 0.3) is 0 Å². The first-order valence-electron chi connectivity index (χ1n) is 10.7. The quantitative estimate of drug-likeness (QED) is 0.690. The number of anilines is 1. The van der Waals surface area contributed by atoms with Crippen LogP contribution in [0, 0.1) is 5.92 Å². The van der Waals surface area contributed by atoms with E-state index >= 15 is 0 Å². The van der Waals surface area contributed by atoms with E-state index in [9.17, 15) is 9.59 Å². The van der Waals surface area contributed by atoms with Crippen molar-refractivity contribution >= 4 is 29.3 Å². The van der Waals surface area contributed by atoms with Crippen LogP contribution in [0.5, 0.6) is 0 Å². The molecule has 2 aromatic rings. The van der Waals surface area contributed by atoms with E-state index in [-0.39, 0.29) is 30.2 Å². The predicted octanol–water partition coefficient (Wildman–Crippen LogP) is 3.71. The van der Waals surface area contributed by atoms with Crippen LogP contribution in [0.2, 0.25) is 0 Å². The van der Waals surface area contributed by atoms with Gasteiger partial charge in [0.2, 0.25) is 11.8 Å². The standard InChI is InChI=1S/C24H29N3O2S/c1-30-21-11-9-20(10-12-21)27-17-19(15-23(27)28)24(29)25-16-22(26-13-5-6-14-26)18-7-3-2-4-8-18/h2-4,7-12,19,22H,5-6,13-17H2,1H3,(H,25,29)/t19-,22+/m1/s1. The SMILES string of the molecule is CSc1ccc(N2C[C@H](C(=O)NC[C@@H](c3ccccc3)N3CCCC3)CC2=O)cc1. The van der Waals surface area contributed by atoms with E-state index in [0.717, 1.165) is 23.7 Å². The summed E-state index contributed by atoms with van der Waals surface area (Å²) in [7, 11) is 0. The molecule has 4 rings (SSSR count). The van der Waals surface area contributed by atoms with Crippen molar-refractivity contribution in [1.29, 1.82) is 0 Å². The summed E-state index contributed by atoms with van der Waals surface area (Å²) in [6.45, 7) is 3.16. The first kappa shape index (κ1) is 20.9. The Balaban J connectivity index is 1.38. The highest BCUT2D eigenvalue weighted by Crippen LogP contribution is 2.28. The number of nitrogens with one attached hydrogen (secondary N) is 1. The Morgan fingerprint density at radius 1 is 1.10 bits per heavy atom. The molecular formula is C24H29N3O2S. The number of likely N-dealkylation sites (tertiary alicyclic amines) is 1. The maximum absolute atomic E-state index is 12.9. The van der Waals surface area contributed by atoms with Crippen LogP contribution >= 0.6 is 11.8 Å². The molecule has 0 radical (unpaired) electrons. The lowest BCUT2D eigenvalue weighted by molar-refractivity contribution is -0.126. The van der Waals surface area contributed by atoms with Gasteiger partial charge in [0.05, 0.1) is 12.0 Å². The Morgan fingerprint density at radius 2 is 1.80 bits per heavy atom. The van der Waals surface area contributed by atoms with Gasteiger partial charge >= 0.3 is 0 Å². The number of amides is 2. The molecule has 2 amide bonds. The minimum atomic E-state index is -0.298. The molecule has 2 saturated heterocycles. The molecule has 5 nitrogen and oxygen atoms in total. The van der Waals surface area contributed by atoms with Crippen LogP contribution in [0.4, 0.5) is 5.69 Å². The Hall–Kier alpha value is -2.31. The molecule has 0 spiro atoms. The summed E-state index contributed by atoms with van der Waals surface area (Å²) in [6, 6.07) is 18.5. The minimum absolute atomic E-state index is 0.0196. The summed E-state index contributed by atoms with van der Waals surface area (Å²) in [5.74, 6) is -0.300. The monoisotopic (exact) mass is 423 g/mol. The van der Waals surface area contributed by atoms with Crippen LogP contribution in [0.3, 0.4) is 0 Å². The molecule has 2 aromatic carbocycles. The zero-order valence-corrected chi connectivity index (χ0v) is 18.2. The topological polar surface area (TPSA) is 52.7 Å². The third kappa shape index (κ3) is 4.71. The van der Waals surface area contributed by atoms with Crippen molar-refractivity contribution in [2.45, 2.75) is 30.2 Å². The second-order valence-electron chi connectivity index (χ2n) is 8.02. The van der Waals surface area contributed by atoms with Gasteiger partial charge in [-0.2, -0.15) is 0 Å². The molecule has 0 aromatic heterocycles. The van der Waals surface area contributed by atoms with Crippen LogP contribution in [0.15, 0.2) is 59.5 Å². The van der Waals surface area contributed by atoms with Gasteiger partial charge in [-0.25, -0.2) is 0 Å². The highest BCUT2D eigenvalue weighted by molar-refractivity contribution is 7.98. The van der Waals surface area contributed by atoms with Crippen LogP contribution in [0.1, 0.15) is 30.9 Å². The summed E-state index contributed by atoms with van der Waals surface area (Å²) in [6.07, 6.45) is 4.72. The molecule has 2 atom stereocenters. The van der Waals surface area contributed by atoms with Crippen LogP contribution < -0.4 is 10.2 Å². The van der Waals surface area contributed by atoms with Crippen molar-refractivity contribution in [2.75, 3.05) is 37.3 Å². The Labute approximate surface area is 182 Å². The zero-order valence-electron chi connectivity index (χ0n) is 17.4. The van der Waals surface area contributed by atoms with Crippen LogP contribution in [-0.4, -0.2) is 49.1 Å². The van der Waals surface area contributed by atoms with Gasteiger partial charge in [0.15, 0.2) is 0 Å². The molecule has 2 aliphatic heterocycles. The highest BCUT2D eigenvalue weighted by atomic mass is 32.2. The number of rotatable bonds is 7. The fourth-order valence-electron chi connectivity index (χ4n) is 4.42. The summed E-state index contributed by atoms with van der Waals surface area (Å²) in [5, 5.41) is 3.15. The lowest BCUT2D eigenvalue weighted by Crippen LogP contribution is -2.40. The summed E-state index contributed by atoms with van der Waals surface area (Å²) >= 11 is 1.67. The third-order valence-corrected chi connectivity index (χ3v) is 6.86. The van der Waals surface area contributed by atoms with E-state index in [2.05, 4.69) is 34.5 Å². The van der Waals surface area contributed by atoms with Gasteiger partial charge < -0.3 is 10.2 Å². The van der Waals surface area contributed by atoms with Crippen molar-refractivity contribution < 1.29 is 9.59 Å². The van der Waals surface area contributed by atoms with E-state index in [0.29, 0.717) is 13.1 Å². The van der Waals surface area contributed by atoms with Crippen molar-refractivity contribution in [3.05, 3.63) is 60.2 Å². The molecule has 2 aliphatic rings. The lowest BCUT2D eigenvalue weighted by Gasteiger charge is -2.28. The Kier molecular flexibility index (Phi) is 6.75. The molecule has 2 fully saturated rings. The Bertz CT molecular complexity index is 866. The first-order chi connectivity index (χ1) is 14.7. The van der Waals surface area contributed by atoms with Gasteiger partial charge in [-0.05, 0) is 62.0 Å². The number of hydrogen-bond donors (Lipinski definition) is 1. The highest BCUT2D eigenvalue weighted by Gasteiger charge is 2.35. The first-order valence-corrected chi connectivity index (χ1v) is 11.9. The van der Waals surface area contributed by atoms with Gasteiger partial charge in [-0.1, -0.05) is 30.3 Å². The second kappa shape index (κ2) is 9.67. The maximum atomic E-state index is 12.9. The third-order valence-electron chi connectivity index (χ3n) is 6.12.